The highest BCUT2D eigenvalue weighted by molar-refractivity contribution is 5.81. The van der Waals surface area contributed by atoms with Crippen LogP contribution < -0.4 is 16.0 Å². The van der Waals surface area contributed by atoms with Crippen LogP contribution in [0.15, 0.2) is 0 Å². The normalized spacial score (nSPS) is 20.7. The fourth-order valence-corrected chi connectivity index (χ4v) is 1.81. The van der Waals surface area contributed by atoms with E-state index in [1.165, 1.54) is 0 Å². The molecule has 3 N–H and O–H groups in total. The first-order chi connectivity index (χ1) is 7.45. The third kappa shape index (κ3) is 3.48. The van der Waals surface area contributed by atoms with Gasteiger partial charge >= 0.3 is 0 Å². The molecule has 1 heterocycles. The van der Waals surface area contributed by atoms with Gasteiger partial charge in [0.05, 0.1) is 5.41 Å². The molecule has 2 amide bonds. The highest BCUT2D eigenvalue weighted by Gasteiger charge is 2.27. The molecule has 0 radical (unpaired) electrons. The lowest BCUT2D eigenvalue weighted by Gasteiger charge is -2.23. The number of amides is 2. The van der Waals surface area contributed by atoms with Gasteiger partial charge in [-0.3, -0.25) is 9.59 Å². The van der Waals surface area contributed by atoms with Crippen molar-refractivity contribution in [2.45, 2.75) is 32.7 Å². The number of rotatable bonds is 5. The Hall–Kier alpha value is -1.10. The van der Waals surface area contributed by atoms with Gasteiger partial charge in [0.2, 0.25) is 11.8 Å². The molecule has 1 unspecified atom stereocenters. The number of hydrogen-bond acceptors (Lipinski definition) is 3. The average molecular weight is 227 g/mol. The van der Waals surface area contributed by atoms with Crippen LogP contribution in [-0.2, 0) is 9.59 Å². The predicted octanol–water partition coefficient (Wildman–Crippen LogP) is -0.373. The van der Waals surface area contributed by atoms with Gasteiger partial charge in [-0.2, -0.15) is 0 Å². The zero-order chi connectivity index (χ0) is 12.2. The molecule has 1 aliphatic heterocycles. The fraction of sp³-hybridized carbons (Fsp3) is 0.818. The van der Waals surface area contributed by atoms with E-state index in [-0.39, 0.29) is 17.9 Å². The number of carbonyl (C=O) groups excluding carboxylic acids is 2. The zero-order valence-corrected chi connectivity index (χ0v) is 10.2. The van der Waals surface area contributed by atoms with E-state index in [4.69, 9.17) is 0 Å². The van der Waals surface area contributed by atoms with Crippen molar-refractivity contribution < 1.29 is 9.59 Å². The van der Waals surface area contributed by atoms with Crippen LogP contribution >= 0.6 is 0 Å². The van der Waals surface area contributed by atoms with E-state index in [0.717, 1.165) is 13.0 Å². The zero-order valence-electron chi connectivity index (χ0n) is 10.2. The van der Waals surface area contributed by atoms with Crippen molar-refractivity contribution in [1.29, 1.82) is 0 Å². The second-order valence-corrected chi connectivity index (χ2v) is 4.90. The van der Waals surface area contributed by atoms with Crippen LogP contribution in [0.3, 0.4) is 0 Å². The Kier molecular flexibility index (Phi) is 4.29. The summed E-state index contributed by atoms with van der Waals surface area (Å²) in [4.78, 5) is 22.5. The molecule has 0 aromatic heterocycles. The Morgan fingerprint density at radius 3 is 2.75 bits per heavy atom. The maximum absolute atomic E-state index is 11.5. The van der Waals surface area contributed by atoms with Gasteiger partial charge in [0.25, 0.3) is 0 Å². The Morgan fingerprint density at radius 1 is 1.56 bits per heavy atom. The first kappa shape index (κ1) is 13.0. The van der Waals surface area contributed by atoms with Crippen molar-refractivity contribution in [3.63, 3.8) is 0 Å². The van der Waals surface area contributed by atoms with Crippen LogP contribution in [0, 0.1) is 5.41 Å². The molecule has 0 bridgehead atoms. The molecule has 1 aliphatic rings. The molecule has 1 saturated heterocycles. The second-order valence-electron chi connectivity index (χ2n) is 4.90. The smallest absolute Gasteiger partial charge is 0.226 e. The van der Waals surface area contributed by atoms with E-state index < -0.39 is 5.41 Å². The van der Waals surface area contributed by atoms with Crippen LogP contribution in [0.4, 0.5) is 0 Å². The van der Waals surface area contributed by atoms with E-state index in [1.807, 2.05) is 13.8 Å². The Balaban J connectivity index is 2.24. The van der Waals surface area contributed by atoms with E-state index in [0.29, 0.717) is 13.0 Å². The van der Waals surface area contributed by atoms with Crippen LogP contribution in [0.25, 0.3) is 0 Å². The standard InChI is InChI=1S/C11H21N3O2/c1-11(2,10(16)12-3)7-13-6-8-4-5-9(15)14-8/h8,13H,4-7H2,1-3H3,(H,12,16)(H,14,15). The molecular formula is C11H21N3O2. The maximum atomic E-state index is 11.5. The molecule has 5 nitrogen and oxygen atoms in total. The highest BCUT2D eigenvalue weighted by atomic mass is 16.2. The minimum atomic E-state index is -0.419. The molecule has 92 valence electrons. The SMILES string of the molecule is CNC(=O)C(C)(C)CNCC1CCC(=O)N1. The predicted molar refractivity (Wildman–Crippen MR) is 61.9 cm³/mol. The van der Waals surface area contributed by atoms with Gasteiger partial charge in [-0.1, -0.05) is 0 Å². The molecule has 5 heteroatoms. The molecule has 1 rings (SSSR count). The van der Waals surface area contributed by atoms with Crippen LogP contribution in [-0.4, -0.2) is 38.0 Å². The summed E-state index contributed by atoms with van der Waals surface area (Å²) in [5.41, 5.74) is -0.419. The number of hydrogen-bond donors (Lipinski definition) is 3. The summed E-state index contributed by atoms with van der Waals surface area (Å²) in [5, 5.41) is 8.75. The molecular weight excluding hydrogens is 206 g/mol. The first-order valence-corrected chi connectivity index (χ1v) is 5.68. The first-order valence-electron chi connectivity index (χ1n) is 5.68. The third-order valence-electron chi connectivity index (χ3n) is 2.88. The van der Waals surface area contributed by atoms with Gasteiger partial charge in [0, 0.05) is 32.6 Å². The summed E-state index contributed by atoms with van der Waals surface area (Å²) in [6.45, 7) is 5.13. The van der Waals surface area contributed by atoms with Gasteiger partial charge in [0.15, 0.2) is 0 Å². The molecule has 0 saturated carbocycles. The van der Waals surface area contributed by atoms with Crippen molar-refractivity contribution in [2.75, 3.05) is 20.1 Å². The summed E-state index contributed by atoms with van der Waals surface area (Å²) in [5.74, 6) is 0.146. The summed E-state index contributed by atoms with van der Waals surface area (Å²) in [6.07, 6.45) is 1.50. The Labute approximate surface area is 96.4 Å². The van der Waals surface area contributed by atoms with Crippen LogP contribution in [0.2, 0.25) is 0 Å². The minimum Gasteiger partial charge on any atom is -0.359 e. The fourth-order valence-electron chi connectivity index (χ4n) is 1.81. The summed E-state index contributed by atoms with van der Waals surface area (Å²) >= 11 is 0. The van der Waals surface area contributed by atoms with E-state index in [1.54, 1.807) is 7.05 Å². The van der Waals surface area contributed by atoms with Crippen LogP contribution in [0.1, 0.15) is 26.7 Å². The largest absolute Gasteiger partial charge is 0.359 e. The van der Waals surface area contributed by atoms with Crippen molar-refractivity contribution in [3.8, 4) is 0 Å². The van der Waals surface area contributed by atoms with E-state index >= 15 is 0 Å². The van der Waals surface area contributed by atoms with Crippen LogP contribution in [0.5, 0.6) is 0 Å². The lowest BCUT2D eigenvalue weighted by molar-refractivity contribution is -0.128. The molecule has 1 fully saturated rings. The molecule has 0 aliphatic carbocycles. The molecule has 0 aromatic rings. The second kappa shape index (κ2) is 5.30. The minimum absolute atomic E-state index is 0.0236. The van der Waals surface area contributed by atoms with Crippen molar-refractivity contribution in [2.24, 2.45) is 5.41 Å². The monoisotopic (exact) mass is 227 g/mol. The summed E-state index contributed by atoms with van der Waals surface area (Å²) < 4.78 is 0. The molecule has 0 aromatic carbocycles. The van der Waals surface area contributed by atoms with Gasteiger partial charge in [-0.15, -0.1) is 0 Å². The maximum Gasteiger partial charge on any atom is 0.226 e. The Morgan fingerprint density at radius 2 is 2.25 bits per heavy atom. The number of carbonyl (C=O) groups is 2. The van der Waals surface area contributed by atoms with Gasteiger partial charge in [-0.25, -0.2) is 0 Å². The lowest BCUT2D eigenvalue weighted by Crippen LogP contribution is -2.45. The Bertz CT molecular complexity index is 276. The topological polar surface area (TPSA) is 70.2 Å². The molecule has 0 spiro atoms. The third-order valence-corrected chi connectivity index (χ3v) is 2.88. The van der Waals surface area contributed by atoms with Crippen molar-refractivity contribution in [1.82, 2.24) is 16.0 Å². The van der Waals surface area contributed by atoms with E-state index in [2.05, 4.69) is 16.0 Å². The highest BCUT2D eigenvalue weighted by Crippen LogP contribution is 2.13. The van der Waals surface area contributed by atoms with Crippen molar-refractivity contribution in [3.05, 3.63) is 0 Å². The number of nitrogens with one attached hydrogen (secondary N) is 3. The van der Waals surface area contributed by atoms with Gasteiger partial charge in [-0.05, 0) is 20.3 Å². The van der Waals surface area contributed by atoms with Gasteiger partial charge < -0.3 is 16.0 Å². The van der Waals surface area contributed by atoms with E-state index in [9.17, 15) is 9.59 Å². The lowest BCUT2D eigenvalue weighted by atomic mass is 9.92. The molecule has 1 atom stereocenters. The average Bonchev–Trinajstić information content (AvgIpc) is 2.62. The molecule has 16 heavy (non-hydrogen) atoms. The van der Waals surface area contributed by atoms with Crippen molar-refractivity contribution >= 4 is 11.8 Å². The summed E-state index contributed by atoms with van der Waals surface area (Å²) in [7, 11) is 1.64. The quantitative estimate of drug-likeness (QED) is 0.600. The van der Waals surface area contributed by atoms with Gasteiger partial charge in [0.1, 0.15) is 0 Å². The summed E-state index contributed by atoms with van der Waals surface area (Å²) in [6, 6.07) is 0.216.